The highest BCUT2D eigenvalue weighted by atomic mass is 16.5. The lowest BCUT2D eigenvalue weighted by Crippen LogP contribution is -2.33. The van der Waals surface area contributed by atoms with Gasteiger partial charge in [0.05, 0.1) is 12.6 Å². The second-order valence-electron chi connectivity index (χ2n) is 6.08. The van der Waals surface area contributed by atoms with E-state index >= 15 is 0 Å². The quantitative estimate of drug-likeness (QED) is 0.728. The van der Waals surface area contributed by atoms with Gasteiger partial charge in [-0.3, -0.25) is 9.88 Å². The second-order valence-corrected chi connectivity index (χ2v) is 6.08. The summed E-state index contributed by atoms with van der Waals surface area (Å²) in [7, 11) is 0. The molecule has 0 aliphatic carbocycles. The standard InChI is InChI=1S/C17H19N5O2/c1-12-19-17(24-20-12)16-6-2-3-8-22(16)11-14-9-15(21-23-14)13-5-4-7-18-10-13/h4-5,7,9-10,16H,2-3,6,8,11H2,1H3. The molecule has 0 spiro atoms. The van der Waals surface area contributed by atoms with E-state index < -0.39 is 0 Å². The van der Waals surface area contributed by atoms with E-state index in [0.29, 0.717) is 18.3 Å². The number of hydrogen-bond donors (Lipinski definition) is 0. The third kappa shape index (κ3) is 3.07. The summed E-state index contributed by atoms with van der Waals surface area (Å²) < 4.78 is 10.9. The zero-order valence-corrected chi connectivity index (χ0v) is 13.6. The average molecular weight is 325 g/mol. The van der Waals surface area contributed by atoms with E-state index in [1.54, 1.807) is 12.4 Å². The third-order valence-electron chi connectivity index (χ3n) is 4.32. The van der Waals surface area contributed by atoms with Crippen LogP contribution < -0.4 is 0 Å². The van der Waals surface area contributed by atoms with Crippen molar-refractivity contribution in [1.82, 2.24) is 25.2 Å². The molecule has 1 aliphatic heterocycles. The van der Waals surface area contributed by atoms with Gasteiger partial charge in [0.15, 0.2) is 11.6 Å². The van der Waals surface area contributed by atoms with Crippen LogP contribution in [0.1, 0.15) is 42.8 Å². The van der Waals surface area contributed by atoms with E-state index in [1.165, 1.54) is 6.42 Å². The molecule has 3 aromatic rings. The van der Waals surface area contributed by atoms with Gasteiger partial charge in [0, 0.05) is 24.0 Å². The Bertz CT molecular complexity index is 798. The van der Waals surface area contributed by atoms with Gasteiger partial charge in [-0.15, -0.1) is 0 Å². The Balaban J connectivity index is 1.52. The summed E-state index contributed by atoms with van der Waals surface area (Å²) in [5.74, 6) is 2.20. The van der Waals surface area contributed by atoms with Crippen LogP contribution in [0.5, 0.6) is 0 Å². The van der Waals surface area contributed by atoms with Crippen LogP contribution in [0.25, 0.3) is 11.3 Å². The summed E-state index contributed by atoms with van der Waals surface area (Å²) in [5.41, 5.74) is 1.76. The fourth-order valence-corrected chi connectivity index (χ4v) is 3.15. The van der Waals surface area contributed by atoms with Crippen LogP contribution in [-0.4, -0.2) is 31.7 Å². The van der Waals surface area contributed by atoms with Crippen molar-refractivity contribution in [3.05, 3.63) is 48.1 Å². The van der Waals surface area contributed by atoms with Crippen LogP contribution >= 0.6 is 0 Å². The Kier molecular flexibility index (Phi) is 4.08. The maximum absolute atomic E-state index is 5.53. The lowest BCUT2D eigenvalue weighted by molar-refractivity contribution is 0.101. The highest BCUT2D eigenvalue weighted by molar-refractivity contribution is 5.57. The minimum Gasteiger partial charge on any atom is -0.359 e. The van der Waals surface area contributed by atoms with Gasteiger partial charge in [-0.1, -0.05) is 16.7 Å². The van der Waals surface area contributed by atoms with Crippen LogP contribution in [-0.2, 0) is 6.54 Å². The third-order valence-corrected chi connectivity index (χ3v) is 4.32. The molecular weight excluding hydrogens is 306 g/mol. The van der Waals surface area contributed by atoms with Crippen LogP contribution in [0.4, 0.5) is 0 Å². The van der Waals surface area contributed by atoms with Crippen molar-refractivity contribution >= 4 is 0 Å². The molecule has 3 aromatic heterocycles. The molecule has 1 unspecified atom stereocenters. The average Bonchev–Trinajstić information content (AvgIpc) is 3.25. The minimum absolute atomic E-state index is 0.145. The highest BCUT2D eigenvalue weighted by Gasteiger charge is 2.29. The molecular formula is C17H19N5O2. The minimum atomic E-state index is 0.145. The van der Waals surface area contributed by atoms with Crippen LogP contribution in [0.3, 0.4) is 0 Å². The van der Waals surface area contributed by atoms with E-state index in [9.17, 15) is 0 Å². The first-order valence-electron chi connectivity index (χ1n) is 8.20. The first-order valence-corrected chi connectivity index (χ1v) is 8.20. The molecule has 0 saturated carbocycles. The SMILES string of the molecule is Cc1noc(C2CCCCN2Cc2cc(-c3cccnc3)no2)n1. The summed E-state index contributed by atoms with van der Waals surface area (Å²) >= 11 is 0. The van der Waals surface area contributed by atoms with E-state index in [-0.39, 0.29) is 6.04 Å². The lowest BCUT2D eigenvalue weighted by Gasteiger charge is -2.32. The van der Waals surface area contributed by atoms with E-state index in [0.717, 1.165) is 36.4 Å². The lowest BCUT2D eigenvalue weighted by atomic mass is 10.0. The molecule has 1 aliphatic rings. The number of aryl methyl sites for hydroxylation is 1. The van der Waals surface area contributed by atoms with Gasteiger partial charge in [-0.2, -0.15) is 4.98 Å². The highest BCUT2D eigenvalue weighted by Crippen LogP contribution is 2.31. The van der Waals surface area contributed by atoms with E-state index in [1.807, 2.05) is 25.1 Å². The molecule has 4 heterocycles. The maximum Gasteiger partial charge on any atom is 0.243 e. The van der Waals surface area contributed by atoms with E-state index in [2.05, 4.69) is 25.2 Å². The fraction of sp³-hybridized carbons (Fsp3) is 0.412. The second kappa shape index (κ2) is 6.52. The molecule has 1 saturated heterocycles. The van der Waals surface area contributed by atoms with Crippen molar-refractivity contribution in [1.29, 1.82) is 0 Å². The molecule has 1 fully saturated rings. The van der Waals surface area contributed by atoms with Gasteiger partial charge in [-0.05, 0) is 38.4 Å². The Morgan fingerprint density at radius 2 is 2.21 bits per heavy atom. The molecule has 0 radical (unpaired) electrons. The zero-order valence-electron chi connectivity index (χ0n) is 13.6. The molecule has 0 bridgehead atoms. The van der Waals surface area contributed by atoms with Gasteiger partial charge in [0.1, 0.15) is 5.69 Å². The maximum atomic E-state index is 5.53. The van der Waals surface area contributed by atoms with Crippen LogP contribution in [0.2, 0.25) is 0 Å². The summed E-state index contributed by atoms with van der Waals surface area (Å²) in [4.78, 5) is 10.8. The first kappa shape index (κ1) is 15.0. The van der Waals surface area contributed by atoms with Gasteiger partial charge < -0.3 is 9.05 Å². The number of likely N-dealkylation sites (tertiary alicyclic amines) is 1. The normalized spacial score (nSPS) is 18.8. The van der Waals surface area contributed by atoms with Gasteiger partial charge >= 0.3 is 0 Å². The van der Waals surface area contributed by atoms with Crippen LogP contribution in [0.15, 0.2) is 39.6 Å². The van der Waals surface area contributed by atoms with Crippen molar-refractivity contribution in [3.63, 3.8) is 0 Å². The first-order chi connectivity index (χ1) is 11.8. The number of hydrogen-bond acceptors (Lipinski definition) is 7. The molecule has 0 amide bonds. The molecule has 24 heavy (non-hydrogen) atoms. The summed E-state index contributed by atoms with van der Waals surface area (Å²) in [6, 6.07) is 5.98. The van der Waals surface area contributed by atoms with Gasteiger partial charge in [-0.25, -0.2) is 0 Å². The molecule has 7 nitrogen and oxygen atoms in total. The molecule has 0 N–H and O–H groups in total. The Morgan fingerprint density at radius 1 is 1.25 bits per heavy atom. The fourth-order valence-electron chi connectivity index (χ4n) is 3.15. The molecule has 1 atom stereocenters. The largest absolute Gasteiger partial charge is 0.359 e. The summed E-state index contributed by atoms with van der Waals surface area (Å²) in [6.45, 7) is 3.51. The van der Waals surface area contributed by atoms with Crippen LogP contribution in [0, 0.1) is 6.92 Å². The van der Waals surface area contributed by atoms with Crippen molar-refractivity contribution in [2.75, 3.05) is 6.54 Å². The number of piperidine rings is 1. The Morgan fingerprint density at radius 3 is 3.00 bits per heavy atom. The molecule has 4 rings (SSSR count). The van der Waals surface area contributed by atoms with E-state index in [4.69, 9.17) is 9.05 Å². The molecule has 7 heteroatoms. The van der Waals surface area contributed by atoms with Gasteiger partial charge in [0.25, 0.3) is 0 Å². The number of aromatic nitrogens is 4. The number of pyridine rings is 1. The summed E-state index contributed by atoms with van der Waals surface area (Å²) in [6.07, 6.45) is 6.88. The smallest absolute Gasteiger partial charge is 0.243 e. The predicted molar refractivity (Wildman–Crippen MR) is 85.8 cm³/mol. The van der Waals surface area contributed by atoms with Crippen molar-refractivity contribution in [3.8, 4) is 11.3 Å². The Labute approximate surface area is 139 Å². The number of rotatable bonds is 4. The number of nitrogens with zero attached hydrogens (tertiary/aromatic N) is 5. The Hall–Kier alpha value is -2.54. The summed E-state index contributed by atoms with van der Waals surface area (Å²) in [5, 5.41) is 8.08. The molecule has 124 valence electrons. The zero-order chi connectivity index (χ0) is 16.4. The topological polar surface area (TPSA) is 81.1 Å². The van der Waals surface area contributed by atoms with Crippen molar-refractivity contribution in [2.24, 2.45) is 0 Å². The predicted octanol–water partition coefficient (Wildman–Crippen LogP) is 3.16. The molecule has 0 aromatic carbocycles. The van der Waals surface area contributed by atoms with Crippen molar-refractivity contribution < 1.29 is 9.05 Å². The van der Waals surface area contributed by atoms with Crippen molar-refractivity contribution in [2.45, 2.75) is 38.8 Å². The van der Waals surface area contributed by atoms with Gasteiger partial charge in [0.2, 0.25) is 5.89 Å². The monoisotopic (exact) mass is 325 g/mol.